The Balaban J connectivity index is 2.11. The van der Waals surface area contributed by atoms with E-state index in [2.05, 4.69) is 19.7 Å². The van der Waals surface area contributed by atoms with Gasteiger partial charge < -0.3 is 10.2 Å². The Bertz CT molecular complexity index is 651. The molecule has 2 N–H and O–H groups in total. The number of aryl methyl sites for hydroxylation is 1. The largest absolute Gasteiger partial charge is 0.442 e. The molecular formula is C11H12N4OS. The number of hydrogen-bond donors (Lipinski definition) is 1. The van der Waals surface area contributed by atoms with Gasteiger partial charge in [-0.15, -0.1) is 11.3 Å². The monoisotopic (exact) mass is 248 g/mol. The molecule has 0 aliphatic heterocycles. The molecule has 0 saturated heterocycles. The van der Waals surface area contributed by atoms with Crippen molar-refractivity contribution in [2.75, 3.05) is 6.54 Å². The van der Waals surface area contributed by atoms with Gasteiger partial charge in [0.05, 0.1) is 5.69 Å². The van der Waals surface area contributed by atoms with Crippen LogP contribution in [0.4, 0.5) is 0 Å². The zero-order valence-electron chi connectivity index (χ0n) is 9.38. The molecular weight excluding hydrogens is 236 g/mol. The number of hydrogen-bond acceptors (Lipinski definition) is 5. The van der Waals surface area contributed by atoms with E-state index in [9.17, 15) is 0 Å². The van der Waals surface area contributed by atoms with Crippen LogP contribution >= 0.6 is 11.3 Å². The number of imidazole rings is 1. The van der Waals surface area contributed by atoms with E-state index in [0.29, 0.717) is 6.54 Å². The zero-order chi connectivity index (χ0) is 11.8. The first-order valence-electron chi connectivity index (χ1n) is 5.35. The predicted molar refractivity (Wildman–Crippen MR) is 66.1 cm³/mol. The highest BCUT2D eigenvalue weighted by Crippen LogP contribution is 2.25. The Kier molecular flexibility index (Phi) is 2.45. The SMILES string of the molecule is Cc1ncoc1-c1cn2c(CCN)csc2n1. The summed E-state index contributed by atoms with van der Waals surface area (Å²) >= 11 is 1.61. The van der Waals surface area contributed by atoms with Crippen molar-refractivity contribution in [3.63, 3.8) is 0 Å². The summed E-state index contributed by atoms with van der Waals surface area (Å²) in [5, 5.41) is 2.09. The molecule has 3 heterocycles. The van der Waals surface area contributed by atoms with Gasteiger partial charge in [-0.1, -0.05) is 0 Å². The number of nitrogens with two attached hydrogens (primary N) is 1. The Labute approximate surface area is 102 Å². The van der Waals surface area contributed by atoms with Crippen LogP contribution < -0.4 is 5.73 Å². The molecule has 3 aromatic rings. The Morgan fingerprint density at radius 3 is 3.12 bits per heavy atom. The summed E-state index contributed by atoms with van der Waals surface area (Å²) in [5.74, 6) is 0.736. The fourth-order valence-electron chi connectivity index (χ4n) is 1.81. The van der Waals surface area contributed by atoms with Gasteiger partial charge in [-0.3, -0.25) is 4.40 Å². The second-order valence-corrected chi connectivity index (χ2v) is 4.65. The third-order valence-corrected chi connectivity index (χ3v) is 3.55. The minimum atomic E-state index is 0.640. The molecule has 0 atom stereocenters. The molecule has 0 aliphatic rings. The van der Waals surface area contributed by atoms with Crippen LogP contribution in [0, 0.1) is 6.92 Å². The van der Waals surface area contributed by atoms with Crippen LogP contribution in [0.15, 0.2) is 22.4 Å². The van der Waals surface area contributed by atoms with Crippen molar-refractivity contribution in [1.82, 2.24) is 14.4 Å². The van der Waals surface area contributed by atoms with Crippen LogP contribution in [0.3, 0.4) is 0 Å². The number of aromatic nitrogens is 3. The van der Waals surface area contributed by atoms with Crippen LogP contribution in [-0.2, 0) is 6.42 Å². The summed E-state index contributed by atoms with van der Waals surface area (Å²) in [6.45, 7) is 2.55. The smallest absolute Gasteiger partial charge is 0.194 e. The first-order valence-corrected chi connectivity index (χ1v) is 6.23. The van der Waals surface area contributed by atoms with E-state index < -0.39 is 0 Å². The molecule has 3 rings (SSSR count). The van der Waals surface area contributed by atoms with Crippen LogP contribution in [-0.4, -0.2) is 20.9 Å². The molecule has 0 unspecified atom stereocenters. The lowest BCUT2D eigenvalue weighted by Crippen LogP contribution is -2.04. The predicted octanol–water partition coefficient (Wildman–Crippen LogP) is 1.86. The molecule has 0 bridgehead atoms. The molecule has 6 heteroatoms. The van der Waals surface area contributed by atoms with Gasteiger partial charge in [-0.2, -0.15) is 0 Å². The lowest BCUT2D eigenvalue weighted by atomic mass is 10.3. The number of fused-ring (bicyclic) bond motifs is 1. The summed E-state index contributed by atoms with van der Waals surface area (Å²) in [6, 6.07) is 0. The maximum atomic E-state index is 5.58. The summed E-state index contributed by atoms with van der Waals surface area (Å²) < 4.78 is 7.41. The van der Waals surface area contributed by atoms with Gasteiger partial charge in [0.2, 0.25) is 0 Å². The molecule has 88 valence electrons. The molecule has 0 fully saturated rings. The van der Waals surface area contributed by atoms with Gasteiger partial charge in [0.25, 0.3) is 0 Å². The fourth-order valence-corrected chi connectivity index (χ4v) is 2.72. The first-order chi connectivity index (χ1) is 8.29. The van der Waals surface area contributed by atoms with E-state index in [1.807, 2.05) is 13.1 Å². The summed E-state index contributed by atoms with van der Waals surface area (Å²) in [6.07, 6.45) is 4.27. The van der Waals surface area contributed by atoms with Crippen molar-refractivity contribution in [3.05, 3.63) is 29.4 Å². The summed E-state index contributed by atoms with van der Waals surface area (Å²) in [7, 11) is 0. The highest BCUT2D eigenvalue weighted by Gasteiger charge is 2.13. The summed E-state index contributed by atoms with van der Waals surface area (Å²) in [4.78, 5) is 9.56. The van der Waals surface area contributed by atoms with Crippen LogP contribution in [0.25, 0.3) is 16.4 Å². The Morgan fingerprint density at radius 1 is 1.53 bits per heavy atom. The van der Waals surface area contributed by atoms with Gasteiger partial charge >= 0.3 is 0 Å². The molecule has 0 radical (unpaired) electrons. The van der Waals surface area contributed by atoms with Crippen molar-refractivity contribution in [1.29, 1.82) is 0 Å². The molecule has 0 amide bonds. The second kappa shape index (κ2) is 3.97. The van der Waals surface area contributed by atoms with Crippen LogP contribution in [0.5, 0.6) is 0 Å². The van der Waals surface area contributed by atoms with Crippen LogP contribution in [0.1, 0.15) is 11.4 Å². The quantitative estimate of drug-likeness (QED) is 0.768. The van der Waals surface area contributed by atoms with Gasteiger partial charge in [0, 0.05) is 23.7 Å². The average molecular weight is 248 g/mol. The van der Waals surface area contributed by atoms with Crippen molar-refractivity contribution in [3.8, 4) is 11.5 Å². The van der Waals surface area contributed by atoms with Gasteiger partial charge in [-0.25, -0.2) is 9.97 Å². The van der Waals surface area contributed by atoms with E-state index in [0.717, 1.165) is 28.5 Å². The zero-order valence-corrected chi connectivity index (χ0v) is 10.2. The first kappa shape index (κ1) is 10.5. The Morgan fingerprint density at radius 2 is 2.41 bits per heavy atom. The van der Waals surface area contributed by atoms with E-state index in [1.165, 1.54) is 12.1 Å². The molecule has 3 aromatic heterocycles. The highest BCUT2D eigenvalue weighted by molar-refractivity contribution is 7.15. The highest BCUT2D eigenvalue weighted by atomic mass is 32.1. The molecule has 0 spiro atoms. The molecule has 0 saturated carbocycles. The topological polar surface area (TPSA) is 69.3 Å². The van der Waals surface area contributed by atoms with Gasteiger partial charge in [0.1, 0.15) is 5.69 Å². The third kappa shape index (κ3) is 1.65. The van der Waals surface area contributed by atoms with E-state index in [-0.39, 0.29) is 0 Å². The number of oxazole rings is 1. The van der Waals surface area contributed by atoms with Gasteiger partial charge in [-0.05, 0) is 13.5 Å². The van der Waals surface area contributed by atoms with Crippen molar-refractivity contribution >= 4 is 16.3 Å². The van der Waals surface area contributed by atoms with E-state index >= 15 is 0 Å². The van der Waals surface area contributed by atoms with Crippen molar-refractivity contribution < 1.29 is 4.42 Å². The minimum absolute atomic E-state index is 0.640. The fraction of sp³-hybridized carbons (Fsp3) is 0.273. The van der Waals surface area contributed by atoms with E-state index in [1.54, 1.807) is 11.3 Å². The third-order valence-electron chi connectivity index (χ3n) is 2.66. The average Bonchev–Trinajstić information content (AvgIpc) is 2.95. The standard InChI is InChI=1S/C11H12N4OS/c1-7-10(16-6-13-7)9-4-15-8(2-3-12)5-17-11(15)14-9/h4-6H,2-3,12H2,1H3. The minimum Gasteiger partial charge on any atom is -0.442 e. The van der Waals surface area contributed by atoms with Crippen LogP contribution in [0.2, 0.25) is 0 Å². The normalized spacial score (nSPS) is 11.4. The van der Waals surface area contributed by atoms with Crippen molar-refractivity contribution in [2.24, 2.45) is 5.73 Å². The van der Waals surface area contributed by atoms with Crippen molar-refractivity contribution in [2.45, 2.75) is 13.3 Å². The molecule has 0 aliphatic carbocycles. The maximum Gasteiger partial charge on any atom is 0.194 e. The van der Waals surface area contributed by atoms with E-state index in [4.69, 9.17) is 10.2 Å². The lowest BCUT2D eigenvalue weighted by Gasteiger charge is -1.94. The molecule has 5 nitrogen and oxygen atoms in total. The van der Waals surface area contributed by atoms with Gasteiger partial charge in [0.15, 0.2) is 17.1 Å². The number of nitrogens with zero attached hydrogens (tertiary/aromatic N) is 3. The maximum absolute atomic E-state index is 5.58. The summed E-state index contributed by atoms with van der Waals surface area (Å²) in [5.41, 5.74) is 8.44. The number of rotatable bonds is 3. The number of thiazole rings is 1. The second-order valence-electron chi connectivity index (χ2n) is 3.81. The Hall–Kier alpha value is -1.66. The molecule has 17 heavy (non-hydrogen) atoms. The lowest BCUT2D eigenvalue weighted by molar-refractivity contribution is 0.569. The molecule has 0 aromatic carbocycles.